The van der Waals surface area contributed by atoms with Gasteiger partial charge in [-0.1, -0.05) is 55.0 Å². The van der Waals surface area contributed by atoms with Crippen molar-refractivity contribution in [3.8, 4) is 0 Å². The van der Waals surface area contributed by atoms with Gasteiger partial charge in [0, 0.05) is 24.5 Å². The first-order valence-corrected chi connectivity index (χ1v) is 8.70. The van der Waals surface area contributed by atoms with E-state index in [-0.39, 0.29) is 0 Å². The number of ether oxygens (including phenoxy) is 1. The summed E-state index contributed by atoms with van der Waals surface area (Å²) in [6.45, 7) is 9.07. The summed E-state index contributed by atoms with van der Waals surface area (Å²) in [5.41, 5.74) is 11.9. The topological polar surface area (TPSA) is 35.2 Å². The molecule has 2 nitrogen and oxygen atoms in total. The minimum atomic E-state index is 0.366. The van der Waals surface area contributed by atoms with E-state index in [0.29, 0.717) is 12.5 Å². The molecule has 0 saturated carbocycles. The summed E-state index contributed by atoms with van der Waals surface area (Å²) in [6, 6.07) is 8.64. The normalized spacial score (nSPS) is 18.9. The highest BCUT2D eigenvalue weighted by Crippen LogP contribution is 2.27. The lowest BCUT2D eigenvalue weighted by molar-refractivity contribution is 0.196. The molecule has 0 saturated heterocycles. The Labute approximate surface area is 146 Å². The van der Waals surface area contributed by atoms with Crippen LogP contribution in [-0.2, 0) is 4.74 Å². The van der Waals surface area contributed by atoms with Gasteiger partial charge in [0.15, 0.2) is 0 Å². The van der Waals surface area contributed by atoms with Crippen LogP contribution >= 0.6 is 0 Å². The van der Waals surface area contributed by atoms with Crippen LogP contribution in [0, 0.1) is 12.8 Å². The first-order valence-electron chi connectivity index (χ1n) is 8.70. The van der Waals surface area contributed by atoms with E-state index >= 15 is 0 Å². The number of benzene rings is 1. The second-order valence-corrected chi connectivity index (χ2v) is 6.52. The lowest BCUT2D eigenvalue weighted by atomic mass is 9.94. The largest absolute Gasteiger partial charge is 0.497 e. The predicted octanol–water partition coefficient (Wildman–Crippen LogP) is 5.52. The Morgan fingerprint density at radius 3 is 2.62 bits per heavy atom. The molecule has 0 aromatic heterocycles. The third kappa shape index (κ3) is 4.89. The fourth-order valence-electron chi connectivity index (χ4n) is 2.81. The Morgan fingerprint density at radius 1 is 1.25 bits per heavy atom. The van der Waals surface area contributed by atoms with E-state index in [1.165, 1.54) is 16.7 Å². The number of allylic oxidation sites excluding steroid dienone is 7. The standard InChI is InChI=1S/C22H29NO/c1-5-7-19(20-11-9-16(2)10-12-20)8-6-13-24-22-15-17(3)21(23)14-18(22)4/h5,7-12,14,17H,6,13,15,23H2,1-4H3/b7-5-,19-8+. The van der Waals surface area contributed by atoms with Crippen LogP contribution in [0.15, 0.2) is 65.6 Å². The highest BCUT2D eigenvalue weighted by Gasteiger charge is 2.16. The van der Waals surface area contributed by atoms with Crippen molar-refractivity contribution >= 4 is 5.57 Å². The molecule has 0 fully saturated rings. The molecule has 1 unspecified atom stereocenters. The predicted molar refractivity (Wildman–Crippen MR) is 103 cm³/mol. The van der Waals surface area contributed by atoms with Crippen LogP contribution < -0.4 is 5.73 Å². The van der Waals surface area contributed by atoms with E-state index in [9.17, 15) is 0 Å². The van der Waals surface area contributed by atoms with Crippen LogP contribution in [0.25, 0.3) is 5.57 Å². The molecule has 0 aliphatic heterocycles. The van der Waals surface area contributed by atoms with Gasteiger partial charge in [-0.2, -0.15) is 0 Å². The quantitative estimate of drug-likeness (QED) is 0.553. The minimum absolute atomic E-state index is 0.366. The number of nitrogens with two attached hydrogens (primary N) is 1. The molecule has 0 amide bonds. The van der Waals surface area contributed by atoms with Gasteiger partial charge in [0.1, 0.15) is 0 Å². The van der Waals surface area contributed by atoms with Gasteiger partial charge in [-0.05, 0) is 43.6 Å². The molecule has 24 heavy (non-hydrogen) atoms. The molecule has 1 aromatic carbocycles. The van der Waals surface area contributed by atoms with E-state index in [0.717, 1.165) is 29.9 Å². The molecule has 1 atom stereocenters. The minimum Gasteiger partial charge on any atom is -0.497 e. The van der Waals surface area contributed by atoms with E-state index < -0.39 is 0 Å². The molecule has 0 heterocycles. The maximum Gasteiger partial charge on any atom is 0.0996 e. The van der Waals surface area contributed by atoms with Crippen LogP contribution in [0.1, 0.15) is 44.7 Å². The Hall–Kier alpha value is -2.22. The molecule has 0 spiro atoms. The zero-order valence-corrected chi connectivity index (χ0v) is 15.3. The molecular formula is C22H29NO. The van der Waals surface area contributed by atoms with Crippen LogP contribution in [-0.4, -0.2) is 6.61 Å². The average Bonchev–Trinajstić information content (AvgIpc) is 2.56. The molecule has 1 aliphatic carbocycles. The summed E-state index contributed by atoms with van der Waals surface area (Å²) in [4.78, 5) is 0. The smallest absolute Gasteiger partial charge is 0.0996 e. The van der Waals surface area contributed by atoms with E-state index in [1.54, 1.807) is 0 Å². The lowest BCUT2D eigenvalue weighted by Gasteiger charge is -2.22. The number of aryl methyl sites for hydroxylation is 1. The Morgan fingerprint density at radius 2 is 1.96 bits per heavy atom. The van der Waals surface area contributed by atoms with Crippen molar-refractivity contribution < 1.29 is 4.74 Å². The zero-order chi connectivity index (χ0) is 17.5. The molecular weight excluding hydrogens is 294 g/mol. The third-order valence-corrected chi connectivity index (χ3v) is 4.37. The van der Waals surface area contributed by atoms with Crippen LogP contribution in [0.5, 0.6) is 0 Å². The van der Waals surface area contributed by atoms with Crippen molar-refractivity contribution in [1.82, 2.24) is 0 Å². The molecule has 2 heteroatoms. The van der Waals surface area contributed by atoms with Crippen LogP contribution in [0.2, 0.25) is 0 Å². The maximum absolute atomic E-state index is 6.01. The first-order chi connectivity index (χ1) is 11.5. The molecule has 0 bridgehead atoms. The van der Waals surface area contributed by atoms with Crippen molar-refractivity contribution in [3.05, 3.63) is 76.7 Å². The summed E-state index contributed by atoms with van der Waals surface area (Å²) in [7, 11) is 0. The fraction of sp³-hybridized carbons (Fsp3) is 0.364. The van der Waals surface area contributed by atoms with Crippen LogP contribution in [0.3, 0.4) is 0 Å². The third-order valence-electron chi connectivity index (χ3n) is 4.37. The SMILES string of the molecule is C/C=C\C(=C/CCOC1=C(C)C=C(N)C(C)C1)c1ccc(C)cc1. The van der Waals surface area contributed by atoms with Crippen molar-refractivity contribution in [2.45, 2.75) is 40.5 Å². The van der Waals surface area contributed by atoms with Crippen molar-refractivity contribution in [1.29, 1.82) is 0 Å². The molecule has 1 aromatic rings. The van der Waals surface area contributed by atoms with Gasteiger partial charge in [0.05, 0.1) is 12.4 Å². The summed E-state index contributed by atoms with van der Waals surface area (Å²) in [5, 5.41) is 0. The van der Waals surface area contributed by atoms with E-state index in [2.05, 4.69) is 63.3 Å². The van der Waals surface area contributed by atoms with Crippen LogP contribution in [0.4, 0.5) is 0 Å². The van der Waals surface area contributed by atoms with E-state index in [1.807, 2.05) is 13.0 Å². The van der Waals surface area contributed by atoms with Gasteiger partial charge < -0.3 is 10.5 Å². The molecule has 0 radical (unpaired) electrons. The van der Waals surface area contributed by atoms with Gasteiger partial charge in [-0.3, -0.25) is 0 Å². The second-order valence-electron chi connectivity index (χ2n) is 6.52. The van der Waals surface area contributed by atoms with E-state index in [4.69, 9.17) is 10.5 Å². The second kappa shape index (κ2) is 8.58. The number of hydrogen-bond donors (Lipinski definition) is 1. The van der Waals surface area contributed by atoms with Gasteiger partial charge in [0.25, 0.3) is 0 Å². The summed E-state index contributed by atoms with van der Waals surface area (Å²) >= 11 is 0. The fourth-order valence-corrected chi connectivity index (χ4v) is 2.81. The number of rotatable bonds is 6. The Kier molecular flexibility index (Phi) is 6.48. The Balaban J connectivity index is 1.98. The molecule has 2 N–H and O–H groups in total. The lowest BCUT2D eigenvalue weighted by Crippen LogP contribution is -2.15. The molecule has 128 valence electrons. The molecule has 1 aliphatic rings. The number of hydrogen-bond acceptors (Lipinski definition) is 2. The van der Waals surface area contributed by atoms with Gasteiger partial charge >= 0.3 is 0 Å². The van der Waals surface area contributed by atoms with Crippen molar-refractivity contribution in [2.24, 2.45) is 11.7 Å². The van der Waals surface area contributed by atoms with Gasteiger partial charge in [0.2, 0.25) is 0 Å². The van der Waals surface area contributed by atoms with Crippen molar-refractivity contribution in [2.75, 3.05) is 6.61 Å². The summed E-state index contributed by atoms with van der Waals surface area (Å²) < 4.78 is 6.01. The highest BCUT2D eigenvalue weighted by atomic mass is 16.5. The van der Waals surface area contributed by atoms with Crippen molar-refractivity contribution in [3.63, 3.8) is 0 Å². The first kappa shape index (κ1) is 18.1. The monoisotopic (exact) mass is 323 g/mol. The Bertz CT molecular complexity index is 674. The van der Waals surface area contributed by atoms with Gasteiger partial charge in [-0.15, -0.1) is 0 Å². The maximum atomic E-state index is 6.01. The zero-order valence-electron chi connectivity index (χ0n) is 15.3. The molecule has 2 rings (SSSR count). The van der Waals surface area contributed by atoms with Gasteiger partial charge in [-0.25, -0.2) is 0 Å². The summed E-state index contributed by atoms with van der Waals surface area (Å²) in [5.74, 6) is 1.44. The summed E-state index contributed by atoms with van der Waals surface area (Å²) in [6.07, 6.45) is 10.3. The average molecular weight is 323 g/mol. The highest BCUT2D eigenvalue weighted by molar-refractivity contribution is 5.73.